The number of carbonyl (C=O) groups excluding carboxylic acids is 2. The second-order valence-electron chi connectivity index (χ2n) is 8.36. The van der Waals surface area contributed by atoms with Crippen molar-refractivity contribution in [2.75, 3.05) is 11.4 Å². The first-order chi connectivity index (χ1) is 16.7. The molecule has 2 bridgehead atoms. The van der Waals surface area contributed by atoms with Crippen molar-refractivity contribution in [2.24, 2.45) is 0 Å². The Labute approximate surface area is 195 Å². The lowest BCUT2D eigenvalue weighted by atomic mass is 10.0. The number of nitrogens with one attached hydrogen (secondary N) is 1. The summed E-state index contributed by atoms with van der Waals surface area (Å²) in [5, 5.41) is 12.8. The van der Waals surface area contributed by atoms with Crippen molar-refractivity contribution < 1.29 is 32.3 Å². The van der Waals surface area contributed by atoms with E-state index in [-0.39, 0.29) is 17.9 Å². The van der Waals surface area contributed by atoms with E-state index in [4.69, 9.17) is 0 Å². The molecule has 2 aliphatic rings. The molecule has 0 fully saturated rings. The van der Waals surface area contributed by atoms with E-state index in [0.29, 0.717) is 30.5 Å². The van der Waals surface area contributed by atoms with E-state index < -0.39 is 70.0 Å². The number of aryl methyl sites for hydroxylation is 1. The molecule has 0 spiro atoms. The molecule has 180 valence electrons. The van der Waals surface area contributed by atoms with Crippen LogP contribution in [-0.4, -0.2) is 28.0 Å². The quantitative estimate of drug-likeness (QED) is 0.556. The molecule has 0 saturated heterocycles. The summed E-state index contributed by atoms with van der Waals surface area (Å²) in [5.41, 5.74) is -2.04. The molecular formula is C24H17F4N3O4. The van der Waals surface area contributed by atoms with Gasteiger partial charge in [0.2, 0.25) is 5.43 Å². The highest BCUT2D eigenvalue weighted by atomic mass is 19.1. The highest BCUT2D eigenvalue weighted by Gasteiger charge is 2.39. The lowest BCUT2D eigenvalue weighted by Crippen LogP contribution is -2.45. The van der Waals surface area contributed by atoms with Crippen LogP contribution in [0, 0.1) is 23.3 Å². The SMILES string of the molecule is O=C(NCc1c(F)cc(F)cc1F)c1cn2c(c(O)c1=O)C(=O)N1C[C@@H]2CCc2cccc(F)c21. The third-order valence-corrected chi connectivity index (χ3v) is 6.31. The van der Waals surface area contributed by atoms with Gasteiger partial charge in [0.05, 0.1) is 11.7 Å². The van der Waals surface area contributed by atoms with Crippen LogP contribution in [0.2, 0.25) is 0 Å². The van der Waals surface area contributed by atoms with Crippen molar-refractivity contribution in [3.63, 3.8) is 0 Å². The summed E-state index contributed by atoms with van der Waals surface area (Å²) in [7, 11) is 0. The molecule has 0 saturated carbocycles. The number of anilines is 1. The molecule has 11 heteroatoms. The number of pyridine rings is 1. The van der Waals surface area contributed by atoms with Gasteiger partial charge in [-0.15, -0.1) is 0 Å². The molecule has 2 aromatic carbocycles. The normalized spacial score (nSPS) is 16.4. The molecule has 35 heavy (non-hydrogen) atoms. The van der Waals surface area contributed by atoms with E-state index in [1.165, 1.54) is 21.6 Å². The maximum absolute atomic E-state index is 14.6. The van der Waals surface area contributed by atoms with Crippen LogP contribution in [0.5, 0.6) is 5.75 Å². The number of nitrogens with zero attached hydrogens (tertiary/aromatic N) is 2. The molecular weight excluding hydrogens is 470 g/mol. The first kappa shape index (κ1) is 22.6. The predicted octanol–water partition coefficient (Wildman–Crippen LogP) is 3.19. The standard InChI is InChI=1S/C24H17F4N3O4/c25-12-6-17(27)14(18(28)7-12)8-29-23(34)15-10-30-13-5-4-11-2-1-3-16(26)19(11)31(9-13)24(35)20(30)22(33)21(15)32/h1-3,6-7,10,13,33H,4-5,8-9H2,(H,29,34)/t13-/m0/s1. The molecule has 1 aromatic heterocycles. The molecule has 0 unspecified atom stereocenters. The summed E-state index contributed by atoms with van der Waals surface area (Å²) in [5.74, 6) is -7.02. The third-order valence-electron chi connectivity index (χ3n) is 6.31. The molecule has 0 radical (unpaired) electrons. The van der Waals surface area contributed by atoms with E-state index in [0.717, 1.165) is 6.20 Å². The molecule has 0 aliphatic carbocycles. The first-order valence-corrected chi connectivity index (χ1v) is 10.7. The van der Waals surface area contributed by atoms with Crippen LogP contribution in [0.4, 0.5) is 23.2 Å². The van der Waals surface area contributed by atoms with Crippen molar-refractivity contribution in [3.05, 3.63) is 92.4 Å². The van der Waals surface area contributed by atoms with Gasteiger partial charge in [-0.3, -0.25) is 14.4 Å². The third kappa shape index (κ3) is 3.63. The lowest BCUT2D eigenvalue weighted by molar-refractivity contribution is 0.0928. The summed E-state index contributed by atoms with van der Waals surface area (Å²) < 4.78 is 56.8. The number of carbonyl (C=O) groups is 2. The summed E-state index contributed by atoms with van der Waals surface area (Å²) in [4.78, 5) is 39.8. The Hall–Kier alpha value is -4.15. The topological polar surface area (TPSA) is 91.6 Å². The highest BCUT2D eigenvalue weighted by Crippen LogP contribution is 2.38. The highest BCUT2D eigenvalue weighted by molar-refractivity contribution is 6.08. The van der Waals surface area contributed by atoms with Gasteiger partial charge in [0, 0.05) is 37.0 Å². The van der Waals surface area contributed by atoms with Crippen LogP contribution in [-0.2, 0) is 13.0 Å². The largest absolute Gasteiger partial charge is 0.503 e. The van der Waals surface area contributed by atoms with Gasteiger partial charge < -0.3 is 19.9 Å². The fraction of sp³-hybridized carbons (Fsp3) is 0.208. The van der Waals surface area contributed by atoms with Gasteiger partial charge >= 0.3 is 0 Å². The molecule has 1 atom stereocenters. The second-order valence-corrected chi connectivity index (χ2v) is 8.36. The minimum atomic E-state index is -1.22. The summed E-state index contributed by atoms with van der Waals surface area (Å²) in [6, 6.07) is 4.85. The number of hydrogen-bond acceptors (Lipinski definition) is 4. The number of aromatic nitrogens is 1. The summed E-state index contributed by atoms with van der Waals surface area (Å²) >= 11 is 0. The fourth-order valence-corrected chi connectivity index (χ4v) is 4.60. The van der Waals surface area contributed by atoms with Crippen molar-refractivity contribution in [1.29, 1.82) is 0 Å². The number of hydrogen-bond donors (Lipinski definition) is 2. The second kappa shape index (κ2) is 8.26. The van der Waals surface area contributed by atoms with E-state index in [2.05, 4.69) is 5.32 Å². The first-order valence-electron chi connectivity index (χ1n) is 10.7. The van der Waals surface area contributed by atoms with Gasteiger partial charge in [-0.25, -0.2) is 17.6 Å². The Balaban J connectivity index is 1.51. The van der Waals surface area contributed by atoms with Crippen LogP contribution in [0.1, 0.15) is 44.4 Å². The van der Waals surface area contributed by atoms with Crippen molar-refractivity contribution in [3.8, 4) is 5.75 Å². The van der Waals surface area contributed by atoms with Gasteiger partial charge in [0.15, 0.2) is 11.4 Å². The maximum Gasteiger partial charge on any atom is 0.279 e. The molecule has 7 nitrogen and oxygen atoms in total. The Morgan fingerprint density at radius 3 is 2.51 bits per heavy atom. The average molecular weight is 487 g/mol. The molecule has 2 amide bonds. The lowest BCUT2D eigenvalue weighted by Gasteiger charge is -2.35. The van der Waals surface area contributed by atoms with Crippen molar-refractivity contribution >= 4 is 17.5 Å². The Bertz CT molecular complexity index is 1450. The van der Waals surface area contributed by atoms with Crippen LogP contribution in [0.25, 0.3) is 0 Å². The summed E-state index contributed by atoms with van der Waals surface area (Å²) in [6.07, 6.45) is 1.93. The number of benzene rings is 2. The Kier molecular flexibility index (Phi) is 5.34. The van der Waals surface area contributed by atoms with Gasteiger partial charge in [-0.2, -0.15) is 0 Å². The number of fused-ring (bicyclic) bond motifs is 6. The van der Waals surface area contributed by atoms with Crippen molar-refractivity contribution in [1.82, 2.24) is 9.88 Å². The van der Waals surface area contributed by atoms with Gasteiger partial charge in [-0.1, -0.05) is 12.1 Å². The van der Waals surface area contributed by atoms with E-state index >= 15 is 0 Å². The average Bonchev–Trinajstić information content (AvgIpc) is 2.97. The van der Waals surface area contributed by atoms with Gasteiger partial charge in [0.1, 0.15) is 28.8 Å². The molecule has 3 aromatic rings. The Morgan fingerprint density at radius 1 is 1.09 bits per heavy atom. The van der Waals surface area contributed by atoms with Crippen LogP contribution < -0.4 is 15.6 Å². The van der Waals surface area contributed by atoms with Crippen LogP contribution >= 0.6 is 0 Å². The van der Waals surface area contributed by atoms with Gasteiger partial charge in [-0.05, 0) is 24.5 Å². The summed E-state index contributed by atoms with van der Waals surface area (Å²) in [6.45, 7) is -0.640. The zero-order chi connectivity index (χ0) is 25.0. The molecule has 5 rings (SSSR count). The van der Waals surface area contributed by atoms with E-state index in [9.17, 15) is 37.1 Å². The van der Waals surface area contributed by atoms with Gasteiger partial charge in [0.25, 0.3) is 11.8 Å². The van der Waals surface area contributed by atoms with E-state index in [1.54, 1.807) is 6.07 Å². The van der Waals surface area contributed by atoms with Crippen LogP contribution in [0.15, 0.2) is 41.3 Å². The molecule has 3 heterocycles. The Morgan fingerprint density at radius 2 is 1.80 bits per heavy atom. The van der Waals surface area contributed by atoms with E-state index in [1.807, 2.05) is 0 Å². The smallest absolute Gasteiger partial charge is 0.279 e. The minimum absolute atomic E-state index is 0.0507. The molecule has 2 N–H and O–H groups in total. The molecule has 2 aliphatic heterocycles. The maximum atomic E-state index is 14.6. The number of rotatable bonds is 3. The number of amides is 2. The zero-order valence-electron chi connectivity index (χ0n) is 17.9. The van der Waals surface area contributed by atoms with Crippen LogP contribution in [0.3, 0.4) is 0 Å². The number of aromatic hydroxyl groups is 1. The number of halogens is 4. The minimum Gasteiger partial charge on any atom is -0.503 e. The number of para-hydroxylation sites is 1. The van der Waals surface area contributed by atoms with Crippen molar-refractivity contribution in [2.45, 2.75) is 25.4 Å². The monoisotopic (exact) mass is 487 g/mol. The fourth-order valence-electron chi connectivity index (χ4n) is 4.60. The predicted molar refractivity (Wildman–Crippen MR) is 115 cm³/mol. The zero-order valence-corrected chi connectivity index (χ0v) is 17.9.